The zero-order valence-electron chi connectivity index (χ0n) is 8.29. The molecule has 1 amide bonds. The first kappa shape index (κ1) is 11.8. The van der Waals surface area contributed by atoms with Crippen LogP contribution in [0.3, 0.4) is 0 Å². The van der Waals surface area contributed by atoms with Crippen molar-refractivity contribution in [1.29, 1.82) is 0 Å². The number of nitrogens with one attached hydrogen (secondary N) is 1. The molecule has 0 spiro atoms. The van der Waals surface area contributed by atoms with E-state index in [1.54, 1.807) is 18.3 Å². The molecule has 1 rings (SSSR count). The molecule has 0 aliphatic rings. The molecule has 0 saturated carbocycles. The van der Waals surface area contributed by atoms with Gasteiger partial charge >= 0.3 is 0 Å². The third kappa shape index (κ3) is 4.69. The van der Waals surface area contributed by atoms with E-state index < -0.39 is 0 Å². The van der Waals surface area contributed by atoms with E-state index in [0.717, 1.165) is 0 Å². The lowest BCUT2D eigenvalue weighted by Crippen LogP contribution is -2.12. The van der Waals surface area contributed by atoms with Crippen LogP contribution in [0.1, 0.15) is 19.8 Å². The van der Waals surface area contributed by atoms with Gasteiger partial charge in [-0.2, -0.15) is 0 Å². The maximum absolute atomic E-state index is 11.3. The molecule has 0 atom stereocenters. The highest BCUT2D eigenvalue weighted by Gasteiger charge is 2.04. The third-order valence-corrected chi connectivity index (χ3v) is 2.18. The van der Waals surface area contributed by atoms with Gasteiger partial charge in [0.25, 0.3) is 0 Å². The summed E-state index contributed by atoms with van der Waals surface area (Å²) >= 11 is 3.19. The average molecular weight is 271 g/mol. The lowest BCUT2D eigenvalue weighted by atomic mass is 10.2. The van der Waals surface area contributed by atoms with E-state index in [1.165, 1.54) is 6.92 Å². The molecule has 1 aromatic rings. The maximum atomic E-state index is 11.3. The Morgan fingerprint density at radius 1 is 1.40 bits per heavy atom. The normalized spacial score (nSPS) is 9.73. The van der Waals surface area contributed by atoms with E-state index >= 15 is 0 Å². The highest BCUT2D eigenvalue weighted by Crippen LogP contribution is 2.10. The van der Waals surface area contributed by atoms with Crippen LogP contribution in [0.5, 0.6) is 0 Å². The number of carbonyl (C=O) groups is 2. The largest absolute Gasteiger partial charge is 0.325 e. The lowest BCUT2D eigenvalue weighted by molar-refractivity contribution is -0.121. The van der Waals surface area contributed by atoms with Gasteiger partial charge in [0.05, 0.1) is 11.9 Å². The molecular weight excluding hydrogens is 260 g/mol. The zero-order chi connectivity index (χ0) is 11.3. The maximum Gasteiger partial charge on any atom is 0.224 e. The molecule has 15 heavy (non-hydrogen) atoms. The quantitative estimate of drug-likeness (QED) is 0.853. The summed E-state index contributed by atoms with van der Waals surface area (Å²) in [6.45, 7) is 1.47. The summed E-state index contributed by atoms with van der Waals surface area (Å²) < 4.78 is 0.712. The summed E-state index contributed by atoms with van der Waals surface area (Å²) in [5, 5.41) is 2.65. The molecule has 0 aliphatic carbocycles. The van der Waals surface area contributed by atoms with Crippen molar-refractivity contribution in [3.8, 4) is 0 Å². The molecule has 1 heterocycles. The second-order valence-electron chi connectivity index (χ2n) is 3.12. The van der Waals surface area contributed by atoms with Gasteiger partial charge in [-0.05, 0) is 35.0 Å². The van der Waals surface area contributed by atoms with Crippen LogP contribution in [-0.4, -0.2) is 16.7 Å². The van der Waals surface area contributed by atoms with Crippen molar-refractivity contribution in [1.82, 2.24) is 4.98 Å². The van der Waals surface area contributed by atoms with Crippen LogP contribution in [0.25, 0.3) is 0 Å². The smallest absolute Gasteiger partial charge is 0.224 e. The molecule has 1 aromatic heterocycles. The first-order valence-corrected chi connectivity index (χ1v) is 5.28. The number of hydrogen-bond acceptors (Lipinski definition) is 3. The topological polar surface area (TPSA) is 59.1 Å². The summed E-state index contributed by atoms with van der Waals surface area (Å²) in [5.41, 5.74) is 0.631. The number of amides is 1. The number of nitrogens with zero attached hydrogens (tertiary/aromatic N) is 1. The van der Waals surface area contributed by atoms with Crippen LogP contribution in [0.15, 0.2) is 22.9 Å². The summed E-state index contributed by atoms with van der Waals surface area (Å²) in [5.74, 6) is -0.159. The highest BCUT2D eigenvalue weighted by molar-refractivity contribution is 9.10. The summed E-state index contributed by atoms with van der Waals surface area (Å²) in [6.07, 6.45) is 2.04. The monoisotopic (exact) mass is 270 g/mol. The van der Waals surface area contributed by atoms with Crippen molar-refractivity contribution in [3.05, 3.63) is 22.9 Å². The molecule has 80 valence electrons. The van der Waals surface area contributed by atoms with E-state index in [2.05, 4.69) is 26.2 Å². The fourth-order valence-electron chi connectivity index (χ4n) is 0.963. The number of anilines is 1. The van der Waals surface area contributed by atoms with Gasteiger partial charge in [-0.1, -0.05) is 0 Å². The van der Waals surface area contributed by atoms with Crippen LogP contribution >= 0.6 is 15.9 Å². The van der Waals surface area contributed by atoms with Gasteiger partial charge < -0.3 is 10.1 Å². The number of ketones is 1. The van der Waals surface area contributed by atoms with Crippen LogP contribution in [-0.2, 0) is 9.59 Å². The van der Waals surface area contributed by atoms with E-state index in [-0.39, 0.29) is 24.5 Å². The molecule has 0 bridgehead atoms. The Balaban J connectivity index is 2.44. The van der Waals surface area contributed by atoms with Crippen molar-refractivity contribution >= 4 is 33.3 Å². The first-order chi connectivity index (χ1) is 7.08. The predicted molar refractivity (Wildman–Crippen MR) is 60.5 cm³/mol. The van der Waals surface area contributed by atoms with E-state index in [1.807, 2.05) is 0 Å². The Hall–Kier alpha value is -1.23. The summed E-state index contributed by atoms with van der Waals surface area (Å²) in [7, 11) is 0. The number of rotatable bonds is 4. The Labute approximate surface area is 96.2 Å². The molecule has 0 unspecified atom stereocenters. The molecule has 0 aliphatic heterocycles. The number of carbonyl (C=O) groups excluding carboxylic acids is 2. The number of pyridine rings is 1. The van der Waals surface area contributed by atoms with Crippen molar-refractivity contribution in [3.63, 3.8) is 0 Å². The van der Waals surface area contributed by atoms with Gasteiger partial charge in [0.2, 0.25) is 5.91 Å². The lowest BCUT2D eigenvalue weighted by Gasteiger charge is -2.03. The van der Waals surface area contributed by atoms with Crippen LogP contribution in [0.4, 0.5) is 5.69 Å². The van der Waals surface area contributed by atoms with Gasteiger partial charge in [0.15, 0.2) is 0 Å². The number of halogens is 1. The number of Topliss-reactive ketones (excluding diaryl/α,β-unsaturated/α-hetero) is 1. The SMILES string of the molecule is CC(=O)CCC(=O)Nc1ccc(Br)nc1. The second kappa shape index (κ2) is 5.60. The van der Waals surface area contributed by atoms with Gasteiger partial charge in [-0.3, -0.25) is 4.79 Å². The summed E-state index contributed by atoms with van der Waals surface area (Å²) in [6, 6.07) is 3.48. The van der Waals surface area contributed by atoms with Gasteiger partial charge in [0, 0.05) is 12.8 Å². The Morgan fingerprint density at radius 2 is 2.13 bits per heavy atom. The molecule has 1 N–H and O–H groups in total. The van der Waals surface area contributed by atoms with Crippen molar-refractivity contribution in [2.24, 2.45) is 0 Å². The fourth-order valence-corrected chi connectivity index (χ4v) is 1.20. The van der Waals surface area contributed by atoms with Crippen molar-refractivity contribution in [2.75, 3.05) is 5.32 Å². The molecule has 5 heteroatoms. The summed E-state index contributed by atoms with van der Waals surface area (Å²) in [4.78, 5) is 25.9. The molecule has 4 nitrogen and oxygen atoms in total. The first-order valence-electron chi connectivity index (χ1n) is 4.49. The van der Waals surface area contributed by atoms with Crippen LogP contribution < -0.4 is 5.32 Å². The average Bonchev–Trinajstić information content (AvgIpc) is 2.19. The van der Waals surface area contributed by atoms with Crippen molar-refractivity contribution < 1.29 is 9.59 Å². The second-order valence-corrected chi connectivity index (χ2v) is 3.93. The molecule has 0 fully saturated rings. The molecule has 0 saturated heterocycles. The predicted octanol–water partition coefficient (Wildman–Crippen LogP) is 2.15. The Kier molecular flexibility index (Phi) is 4.42. The minimum atomic E-state index is -0.172. The number of hydrogen-bond donors (Lipinski definition) is 1. The van der Waals surface area contributed by atoms with E-state index in [9.17, 15) is 9.59 Å². The standard InChI is InChI=1S/C10H11BrN2O2/c1-7(14)2-5-10(15)13-8-3-4-9(11)12-6-8/h3-4,6H,2,5H2,1H3,(H,13,15). The number of aromatic nitrogens is 1. The van der Waals surface area contributed by atoms with Gasteiger partial charge in [-0.15, -0.1) is 0 Å². The van der Waals surface area contributed by atoms with E-state index in [0.29, 0.717) is 10.3 Å². The molecular formula is C10H11BrN2O2. The van der Waals surface area contributed by atoms with E-state index in [4.69, 9.17) is 0 Å². The Morgan fingerprint density at radius 3 is 2.67 bits per heavy atom. The molecule has 0 aromatic carbocycles. The van der Waals surface area contributed by atoms with Crippen LogP contribution in [0, 0.1) is 0 Å². The van der Waals surface area contributed by atoms with Gasteiger partial charge in [0.1, 0.15) is 10.4 Å². The highest BCUT2D eigenvalue weighted by atomic mass is 79.9. The fraction of sp³-hybridized carbons (Fsp3) is 0.300. The van der Waals surface area contributed by atoms with Crippen LogP contribution in [0.2, 0.25) is 0 Å². The Bertz CT molecular complexity index is 362. The minimum Gasteiger partial charge on any atom is -0.325 e. The molecule has 0 radical (unpaired) electrons. The minimum absolute atomic E-state index is 0.0130. The third-order valence-electron chi connectivity index (χ3n) is 1.72. The van der Waals surface area contributed by atoms with Gasteiger partial charge in [-0.25, -0.2) is 4.98 Å². The zero-order valence-corrected chi connectivity index (χ0v) is 9.87. The van der Waals surface area contributed by atoms with Crippen molar-refractivity contribution in [2.45, 2.75) is 19.8 Å².